The summed E-state index contributed by atoms with van der Waals surface area (Å²) in [7, 11) is -36.8. The van der Waals surface area contributed by atoms with Crippen molar-refractivity contribution in [1.82, 2.24) is 0 Å². The van der Waals surface area contributed by atoms with E-state index < -0.39 is 81.4 Å². The van der Waals surface area contributed by atoms with Crippen LogP contribution in [0.5, 0.6) is 34.5 Å². The van der Waals surface area contributed by atoms with Crippen molar-refractivity contribution in [2.45, 2.75) is 0 Å². The molecule has 0 aliphatic heterocycles. The SMILES string of the molecule is O=P(O)(O)Oc1c(OP(=O)(O)O)c(OP(=O)(O)O)c(OP(=O)(O)O)c(OP(=O)(O)O)c1OP(=O)(O)O. The Bertz CT molecular complexity index is 999. The van der Waals surface area contributed by atoms with Crippen LogP contribution < -0.4 is 27.1 Å². The van der Waals surface area contributed by atoms with E-state index in [0.29, 0.717) is 0 Å². The Hall–Kier alpha value is -1.08. The highest BCUT2D eigenvalue weighted by molar-refractivity contribution is 7.48. The molecule has 0 spiro atoms. The van der Waals surface area contributed by atoms with Gasteiger partial charge in [0, 0.05) is 0 Å². The van der Waals surface area contributed by atoms with Crippen molar-refractivity contribution in [2.24, 2.45) is 0 Å². The van der Waals surface area contributed by atoms with E-state index in [9.17, 15) is 27.4 Å². The Morgan fingerprint density at radius 1 is 0.278 bits per heavy atom. The number of rotatable bonds is 12. The van der Waals surface area contributed by atoms with Gasteiger partial charge in [-0.15, -0.1) is 0 Å². The minimum Gasteiger partial charge on any atom is -0.396 e. The Morgan fingerprint density at radius 3 is 0.417 bits per heavy atom. The number of phosphoric ester groups is 6. The van der Waals surface area contributed by atoms with Gasteiger partial charge in [0.15, 0.2) is 0 Å². The van der Waals surface area contributed by atoms with Crippen molar-refractivity contribution in [3.05, 3.63) is 0 Å². The lowest BCUT2D eigenvalue weighted by molar-refractivity contribution is 0.231. The molecule has 0 heterocycles. The summed E-state index contributed by atoms with van der Waals surface area (Å²) in [6.45, 7) is 0. The smallest absolute Gasteiger partial charge is 0.396 e. The van der Waals surface area contributed by atoms with Gasteiger partial charge in [-0.1, -0.05) is 0 Å². The average Bonchev–Trinajstić information content (AvgIpc) is 2.51. The van der Waals surface area contributed by atoms with Crippen LogP contribution in [0.1, 0.15) is 0 Å². The van der Waals surface area contributed by atoms with Gasteiger partial charge in [0.25, 0.3) is 0 Å². The Labute approximate surface area is 195 Å². The second-order valence-electron chi connectivity index (χ2n) is 5.47. The third-order valence-corrected chi connectivity index (χ3v) is 5.02. The van der Waals surface area contributed by atoms with Crippen LogP contribution in [0.4, 0.5) is 0 Å². The van der Waals surface area contributed by atoms with E-state index in [0.717, 1.165) is 0 Å². The number of phosphoric acid groups is 6. The predicted octanol–water partition coefficient (Wildman–Crippen LogP) is -1.48. The van der Waals surface area contributed by atoms with E-state index in [4.69, 9.17) is 58.7 Å². The summed E-state index contributed by atoms with van der Waals surface area (Å²) in [5, 5.41) is 0. The van der Waals surface area contributed by atoms with Gasteiger partial charge in [0.2, 0.25) is 34.5 Å². The third kappa shape index (κ3) is 12.0. The first-order chi connectivity index (χ1) is 15.6. The van der Waals surface area contributed by atoms with Gasteiger partial charge in [-0.3, -0.25) is 58.7 Å². The predicted molar refractivity (Wildman–Crippen MR) is 102 cm³/mol. The molecule has 0 aromatic heterocycles. The maximum Gasteiger partial charge on any atom is 0.525 e. The zero-order chi connectivity index (χ0) is 28.7. The van der Waals surface area contributed by atoms with Gasteiger partial charge in [-0.25, -0.2) is 27.4 Å². The van der Waals surface area contributed by atoms with E-state index in [1.165, 1.54) is 0 Å². The van der Waals surface area contributed by atoms with Crippen molar-refractivity contribution < 1.29 is 113 Å². The molecular formula is C6H12O24P6. The fourth-order valence-corrected chi connectivity index (χ4v) is 4.25. The Morgan fingerprint density at radius 2 is 0.361 bits per heavy atom. The summed E-state index contributed by atoms with van der Waals surface area (Å²) in [4.78, 5) is 109. The van der Waals surface area contributed by atoms with Gasteiger partial charge in [0.05, 0.1) is 0 Å². The van der Waals surface area contributed by atoms with Crippen LogP contribution in [0.15, 0.2) is 0 Å². The largest absolute Gasteiger partial charge is 0.525 e. The molecule has 0 aliphatic carbocycles. The van der Waals surface area contributed by atoms with E-state index in [1.807, 2.05) is 0 Å². The molecule has 0 amide bonds. The van der Waals surface area contributed by atoms with Crippen LogP contribution in [0.25, 0.3) is 0 Å². The molecule has 1 aromatic carbocycles. The molecule has 0 atom stereocenters. The first-order valence-electron chi connectivity index (χ1n) is 7.32. The molecular weight excluding hydrogens is 642 g/mol. The van der Waals surface area contributed by atoms with Crippen LogP contribution in [0.2, 0.25) is 0 Å². The standard InChI is InChI=1S/C6H12O24P6/c7-31(8,9)25-1-2(26-32(10,11)12)4(28-34(16,17)18)6(30-36(22,23)24)5(29-35(19,20)21)3(1)27-33(13,14)15/h(H2,7,8,9)(H2,10,11,12)(H2,13,14,15)(H2,16,17,18)(H2,19,20,21)(H2,22,23,24). The van der Waals surface area contributed by atoms with Crippen LogP contribution >= 0.6 is 46.9 Å². The van der Waals surface area contributed by atoms with Gasteiger partial charge in [-0.2, -0.15) is 0 Å². The first kappa shape index (κ1) is 32.9. The van der Waals surface area contributed by atoms with Gasteiger partial charge < -0.3 is 27.1 Å². The summed E-state index contributed by atoms with van der Waals surface area (Å²) in [6.07, 6.45) is 0. The maximum atomic E-state index is 11.4. The summed E-state index contributed by atoms with van der Waals surface area (Å²) in [6, 6.07) is 0. The van der Waals surface area contributed by atoms with E-state index in [2.05, 4.69) is 27.1 Å². The van der Waals surface area contributed by atoms with Crippen LogP contribution in [-0.2, 0) is 27.4 Å². The zero-order valence-corrected chi connectivity index (χ0v) is 21.3. The lowest BCUT2D eigenvalue weighted by Gasteiger charge is -2.25. The van der Waals surface area contributed by atoms with Crippen molar-refractivity contribution in [2.75, 3.05) is 0 Å². The molecule has 24 nitrogen and oxygen atoms in total. The van der Waals surface area contributed by atoms with Crippen molar-refractivity contribution in [3.8, 4) is 34.5 Å². The van der Waals surface area contributed by atoms with Crippen molar-refractivity contribution in [1.29, 1.82) is 0 Å². The number of hydrogen-bond donors (Lipinski definition) is 12. The molecule has 0 fully saturated rings. The third-order valence-electron chi connectivity index (χ3n) is 2.50. The van der Waals surface area contributed by atoms with E-state index >= 15 is 0 Å². The summed E-state index contributed by atoms with van der Waals surface area (Å²) in [5.41, 5.74) is 0. The quantitative estimate of drug-likeness (QED) is 0.114. The second-order valence-corrected chi connectivity index (χ2v) is 12.4. The molecule has 210 valence electrons. The van der Waals surface area contributed by atoms with Crippen LogP contribution in [0, 0.1) is 0 Å². The lowest BCUT2D eigenvalue weighted by atomic mass is 10.2. The summed E-state index contributed by atoms with van der Waals surface area (Å²) < 4.78 is 91.4. The molecule has 0 saturated carbocycles. The highest BCUT2D eigenvalue weighted by Gasteiger charge is 2.44. The van der Waals surface area contributed by atoms with Gasteiger partial charge in [-0.05, 0) is 0 Å². The van der Waals surface area contributed by atoms with Crippen molar-refractivity contribution in [3.63, 3.8) is 0 Å². The molecule has 0 bridgehead atoms. The maximum absolute atomic E-state index is 11.4. The highest BCUT2D eigenvalue weighted by Crippen LogP contribution is 2.69. The molecule has 1 aromatic rings. The Kier molecular flexibility index (Phi) is 9.69. The molecule has 0 radical (unpaired) electrons. The highest BCUT2D eigenvalue weighted by atomic mass is 31.2. The Balaban J connectivity index is 4.58. The monoisotopic (exact) mass is 654 g/mol. The van der Waals surface area contributed by atoms with E-state index in [-0.39, 0.29) is 0 Å². The van der Waals surface area contributed by atoms with Crippen LogP contribution in [0.3, 0.4) is 0 Å². The zero-order valence-electron chi connectivity index (χ0n) is 15.9. The van der Waals surface area contributed by atoms with Crippen LogP contribution in [-0.4, -0.2) is 58.7 Å². The second kappa shape index (κ2) is 10.6. The molecule has 12 N–H and O–H groups in total. The normalized spacial score (nSPS) is 13.7. The minimum absolute atomic E-state index is 2.26. The number of hydrogen-bond acceptors (Lipinski definition) is 12. The molecule has 0 aliphatic rings. The number of benzene rings is 1. The average molecular weight is 654 g/mol. The molecule has 1 rings (SSSR count). The van der Waals surface area contributed by atoms with Gasteiger partial charge >= 0.3 is 46.9 Å². The summed E-state index contributed by atoms with van der Waals surface area (Å²) in [5.74, 6) is -13.6. The van der Waals surface area contributed by atoms with Crippen molar-refractivity contribution >= 4 is 46.9 Å². The molecule has 36 heavy (non-hydrogen) atoms. The minimum atomic E-state index is -6.13. The fraction of sp³-hybridized carbons (Fsp3) is 0. The molecule has 0 unspecified atom stereocenters. The van der Waals surface area contributed by atoms with E-state index in [1.54, 1.807) is 0 Å². The lowest BCUT2D eigenvalue weighted by Crippen LogP contribution is -2.07. The topological polar surface area (TPSA) is 401 Å². The first-order valence-corrected chi connectivity index (χ1v) is 16.5. The molecule has 30 heteroatoms. The fourth-order valence-electron chi connectivity index (χ4n) is 1.83. The van der Waals surface area contributed by atoms with Gasteiger partial charge in [0.1, 0.15) is 0 Å². The molecule has 0 saturated heterocycles. The summed E-state index contributed by atoms with van der Waals surface area (Å²) >= 11 is 0.